The van der Waals surface area contributed by atoms with Crippen molar-refractivity contribution in [1.82, 2.24) is 20.4 Å². The van der Waals surface area contributed by atoms with Gasteiger partial charge in [-0.25, -0.2) is 9.67 Å². The lowest BCUT2D eigenvalue weighted by Crippen LogP contribution is -2.44. The van der Waals surface area contributed by atoms with Crippen LogP contribution < -0.4 is 10.6 Å². The molecule has 5 nitrogen and oxygen atoms in total. The van der Waals surface area contributed by atoms with Crippen molar-refractivity contribution in [2.75, 3.05) is 6.54 Å². The van der Waals surface area contributed by atoms with Crippen LogP contribution >= 0.6 is 24.0 Å². The number of guanidine groups is 1. The van der Waals surface area contributed by atoms with E-state index in [9.17, 15) is 0 Å². The quantitative estimate of drug-likeness (QED) is 0.409. The molecule has 0 amide bonds. The van der Waals surface area contributed by atoms with E-state index in [0.29, 0.717) is 18.5 Å². The number of benzene rings is 1. The molecule has 0 bridgehead atoms. The summed E-state index contributed by atoms with van der Waals surface area (Å²) in [5.74, 6) is 1.42. The van der Waals surface area contributed by atoms with Gasteiger partial charge < -0.3 is 10.6 Å². The van der Waals surface area contributed by atoms with Gasteiger partial charge in [0.05, 0.1) is 12.2 Å². The molecule has 1 unspecified atom stereocenters. The van der Waals surface area contributed by atoms with Gasteiger partial charge in [-0.1, -0.05) is 26.0 Å². The number of aliphatic imine (C=N–C) groups is 1. The van der Waals surface area contributed by atoms with Crippen LogP contribution in [0, 0.1) is 5.92 Å². The van der Waals surface area contributed by atoms with Gasteiger partial charge in [-0.2, -0.15) is 5.10 Å². The Hall–Kier alpha value is -1.57. The first-order chi connectivity index (χ1) is 11.1. The third kappa shape index (κ3) is 6.14. The molecule has 1 atom stereocenters. The molecule has 0 spiro atoms. The summed E-state index contributed by atoms with van der Waals surface area (Å²) in [4.78, 5) is 4.69. The fourth-order valence-electron chi connectivity index (χ4n) is 2.09. The molecular weight excluding hydrogens is 413 g/mol. The maximum Gasteiger partial charge on any atom is 0.191 e. The first-order valence-corrected chi connectivity index (χ1v) is 8.24. The van der Waals surface area contributed by atoms with E-state index in [-0.39, 0.29) is 24.0 Å². The van der Waals surface area contributed by atoms with Gasteiger partial charge >= 0.3 is 0 Å². The molecule has 6 heteroatoms. The van der Waals surface area contributed by atoms with E-state index in [1.165, 1.54) is 0 Å². The summed E-state index contributed by atoms with van der Waals surface area (Å²) in [5, 5.41) is 11.0. The average Bonchev–Trinajstić information content (AvgIpc) is 3.07. The maximum atomic E-state index is 4.69. The van der Waals surface area contributed by atoms with Crippen molar-refractivity contribution in [2.45, 2.75) is 40.3 Å². The number of aromatic nitrogens is 2. The van der Waals surface area contributed by atoms with Gasteiger partial charge in [0.1, 0.15) is 0 Å². The summed E-state index contributed by atoms with van der Waals surface area (Å²) in [6.07, 6.45) is 3.73. The van der Waals surface area contributed by atoms with E-state index >= 15 is 0 Å². The third-order valence-corrected chi connectivity index (χ3v) is 3.81. The van der Waals surface area contributed by atoms with Crippen LogP contribution in [0.15, 0.2) is 47.7 Å². The smallest absolute Gasteiger partial charge is 0.191 e. The minimum atomic E-state index is 0. The summed E-state index contributed by atoms with van der Waals surface area (Å²) in [6.45, 7) is 10.1. The Morgan fingerprint density at radius 2 is 2.04 bits per heavy atom. The molecule has 0 radical (unpaired) electrons. The molecule has 2 rings (SSSR count). The Labute approximate surface area is 162 Å². The zero-order valence-electron chi connectivity index (χ0n) is 14.9. The van der Waals surface area contributed by atoms with Crippen LogP contribution in [0.1, 0.15) is 33.3 Å². The molecule has 0 aliphatic carbocycles. The number of nitrogens with one attached hydrogen (secondary N) is 2. The van der Waals surface area contributed by atoms with Gasteiger partial charge in [0.2, 0.25) is 0 Å². The highest BCUT2D eigenvalue weighted by Crippen LogP contribution is 2.10. The lowest BCUT2D eigenvalue weighted by atomic mass is 10.1. The highest BCUT2D eigenvalue weighted by atomic mass is 127. The van der Waals surface area contributed by atoms with Crippen molar-refractivity contribution >= 4 is 29.9 Å². The van der Waals surface area contributed by atoms with Crippen LogP contribution in [-0.4, -0.2) is 28.3 Å². The number of hydrogen-bond acceptors (Lipinski definition) is 2. The molecule has 132 valence electrons. The second kappa shape index (κ2) is 10.3. The highest BCUT2D eigenvalue weighted by Gasteiger charge is 2.08. The lowest BCUT2D eigenvalue weighted by molar-refractivity contribution is 0.481. The van der Waals surface area contributed by atoms with Crippen LogP contribution in [0.4, 0.5) is 0 Å². The molecule has 0 aliphatic rings. The second-order valence-electron chi connectivity index (χ2n) is 5.99. The first kappa shape index (κ1) is 20.5. The van der Waals surface area contributed by atoms with Crippen molar-refractivity contribution in [2.24, 2.45) is 10.9 Å². The first-order valence-electron chi connectivity index (χ1n) is 8.24. The summed E-state index contributed by atoms with van der Waals surface area (Å²) in [7, 11) is 0. The summed E-state index contributed by atoms with van der Waals surface area (Å²) >= 11 is 0. The van der Waals surface area contributed by atoms with E-state index < -0.39 is 0 Å². The normalized spacial score (nSPS) is 12.6. The summed E-state index contributed by atoms with van der Waals surface area (Å²) in [6, 6.07) is 10.6. The zero-order chi connectivity index (χ0) is 16.7. The molecule has 1 heterocycles. The van der Waals surface area contributed by atoms with Crippen molar-refractivity contribution in [3.05, 3.63) is 48.3 Å². The number of nitrogens with zero attached hydrogens (tertiary/aromatic N) is 3. The van der Waals surface area contributed by atoms with Gasteiger partial charge in [0, 0.05) is 25.0 Å². The number of hydrogen-bond donors (Lipinski definition) is 2. The third-order valence-electron chi connectivity index (χ3n) is 3.81. The fraction of sp³-hybridized carbons (Fsp3) is 0.444. The highest BCUT2D eigenvalue weighted by molar-refractivity contribution is 14.0. The van der Waals surface area contributed by atoms with E-state index in [2.05, 4.69) is 55.6 Å². The minimum absolute atomic E-state index is 0. The van der Waals surface area contributed by atoms with E-state index in [1.807, 2.05) is 29.1 Å². The summed E-state index contributed by atoms with van der Waals surface area (Å²) < 4.78 is 1.86. The van der Waals surface area contributed by atoms with Gasteiger partial charge in [-0.3, -0.25) is 0 Å². The monoisotopic (exact) mass is 441 g/mol. The number of rotatable bonds is 6. The van der Waals surface area contributed by atoms with Crippen molar-refractivity contribution in [1.29, 1.82) is 0 Å². The van der Waals surface area contributed by atoms with Gasteiger partial charge in [0.15, 0.2) is 5.96 Å². The van der Waals surface area contributed by atoms with Crippen LogP contribution in [0.3, 0.4) is 0 Å². The van der Waals surface area contributed by atoms with Crippen molar-refractivity contribution in [3.8, 4) is 5.69 Å². The van der Waals surface area contributed by atoms with Gasteiger partial charge in [0.25, 0.3) is 0 Å². The molecule has 2 N–H and O–H groups in total. The average molecular weight is 441 g/mol. The molecule has 1 aromatic carbocycles. The molecule has 0 aliphatic heterocycles. The molecular formula is C18H28IN5. The Balaban J connectivity index is 0.00000288. The molecule has 0 saturated carbocycles. The predicted molar refractivity (Wildman–Crippen MR) is 111 cm³/mol. The SMILES string of the molecule is CCNC(=NCc1cccc(-n2cccn2)c1)NC(C)C(C)C.I. The Morgan fingerprint density at radius 1 is 1.25 bits per heavy atom. The predicted octanol–water partition coefficient (Wildman–Crippen LogP) is 3.59. The molecule has 0 fully saturated rings. The largest absolute Gasteiger partial charge is 0.357 e. The second-order valence-corrected chi connectivity index (χ2v) is 5.99. The van der Waals surface area contributed by atoms with Gasteiger partial charge in [-0.05, 0) is 43.5 Å². The Morgan fingerprint density at radius 3 is 2.67 bits per heavy atom. The van der Waals surface area contributed by atoms with E-state index in [4.69, 9.17) is 4.99 Å². The van der Waals surface area contributed by atoms with E-state index in [0.717, 1.165) is 23.8 Å². The van der Waals surface area contributed by atoms with Crippen molar-refractivity contribution in [3.63, 3.8) is 0 Å². The van der Waals surface area contributed by atoms with Crippen LogP contribution in [-0.2, 0) is 6.54 Å². The molecule has 24 heavy (non-hydrogen) atoms. The molecule has 0 saturated heterocycles. The Bertz CT molecular complexity index is 622. The van der Waals surface area contributed by atoms with Crippen LogP contribution in [0.5, 0.6) is 0 Å². The topological polar surface area (TPSA) is 54.2 Å². The molecule has 2 aromatic rings. The van der Waals surface area contributed by atoms with E-state index in [1.54, 1.807) is 6.20 Å². The maximum absolute atomic E-state index is 4.69. The minimum Gasteiger partial charge on any atom is -0.357 e. The Kier molecular flexibility index (Phi) is 8.81. The lowest BCUT2D eigenvalue weighted by Gasteiger charge is -2.20. The standard InChI is InChI=1S/C18H27N5.HI/c1-5-19-18(22-15(4)14(2)3)20-13-16-8-6-9-17(12-16)23-11-7-10-21-23;/h6-12,14-15H,5,13H2,1-4H3,(H2,19,20,22);1H. The molecule has 1 aromatic heterocycles. The van der Waals surface area contributed by atoms with Gasteiger partial charge in [-0.15, -0.1) is 24.0 Å². The summed E-state index contributed by atoms with van der Waals surface area (Å²) in [5.41, 5.74) is 2.21. The number of halogens is 1. The van der Waals surface area contributed by atoms with Crippen LogP contribution in [0.2, 0.25) is 0 Å². The zero-order valence-corrected chi connectivity index (χ0v) is 17.2. The van der Waals surface area contributed by atoms with Crippen LogP contribution in [0.25, 0.3) is 5.69 Å². The van der Waals surface area contributed by atoms with Crippen molar-refractivity contribution < 1.29 is 0 Å². The fourth-order valence-corrected chi connectivity index (χ4v) is 2.09.